The van der Waals surface area contributed by atoms with Crippen LogP contribution in [-0.4, -0.2) is 68.8 Å². The van der Waals surface area contributed by atoms with Gasteiger partial charge in [0.1, 0.15) is 5.57 Å². The number of ketones is 1. The molecule has 0 radical (unpaired) electrons. The summed E-state index contributed by atoms with van der Waals surface area (Å²) in [5, 5.41) is 2.39. The fourth-order valence-corrected chi connectivity index (χ4v) is 4.05. The SMILES string of the molecule is COCCCOC1=CC2(C)OCCN3C=C(C(=O)N=O)C(=O)CC3C2C=C1OC. The van der Waals surface area contributed by atoms with Gasteiger partial charge in [-0.3, -0.25) is 9.59 Å². The lowest BCUT2D eigenvalue weighted by Crippen LogP contribution is -2.49. The van der Waals surface area contributed by atoms with Gasteiger partial charge in [0.25, 0.3) is 0 Å². The molecule has 3 atom stereocenters. The standard InChI is InChI=1S/C20H26N2O7/c1-20-11-18(28-7-4-6-26-2)17(27-3)9-14(20)15-10-16(23)13(19(24)21-25)12-22(15)5-8-29-20/h9,11-12,14-15H,4-8,10H2,1-3H3. The van der Waals surface area contributed by atoms with Crippen molar-refractivity contribution in [3.05, 3.63) is 40.4 Å². The van der Waals surface area contributed by atoms with Gasteiger partial charge in [-0.2, -0.15) is 0 Å². The molecule has 29 heavy (non-hydrogen) atoms. The number of amides is 1. The zero-order chi connectivity index (χ0) is 21.0. The van der Waals surface area contributed by atoms with Gasteiger partial charge < -0.3 is 23.8 Å². The lowest BCUT2D eigenvalue weighted by atomic mass is 9.76. The molecule has 0 aromatic carbocycles. The molecule has 9 heteroatoms. The molecule has 0 bridgehead atoms. The van der Waals surface area contributed by atoms with Crippen molar-refractivity contribution in [2.45, 2.75) is 31.4 Å². The smallest absolute Gasteiger partial charge is 0.321 e. The normalized spacial score (nSPS) is 28.9. The number of hydrogen-bond donors (Lipinski definition) is 0. The van der Waals surface area contributed by atoms with Crippen molar-refractivity contribution in [1.82, 2.24) is 4.90 Å². The number of methoxy groups -OCH3 is 2. The molecule has 0 aromatic rings. The van der Waals surface area contributed by atoms with Gasteiger partial charge in [0.2, 0.25) is 0 Å². The molecule has 1 saturated heterocycles. The fourth-order valence-electron chi connectivity index (χ4n) is 4.05. The first-order chi connectivity index (χ1) is 13.9. The Morgan fingerprint density at radius 1 is 1.34 bits per heavy atom. The van der Waals surface area contributed by atoms with Crippen LogP contribution in [0.4, 0.5) is 0 Å². The van der Waals surface area contributed by atoms with Gasteiger partial charge in [-0.1, -0.05) is 0 Å². The topological polar surface area (TPSA) is 104 Å². The summed E-state index contributed by atoms with van der Waals surface area (Å²) in [5.74, 6) is -0.479. The predicted octanol–water partition coefficient (Wildman–Crippen LogP) is 1.69. The number of hydrogen-bond acceptors (Lipinski definition) is 8. The van der Waals surface area contributed by atoms with Gasteiger partial charge >= 0.3 is 5.91 Å². The molecule has 3 unspecified atom stereocenters. The monoisotopic (exact) mass is 406 g/mol. The molecule has 0 spiro atoms. The van der Waals surface area contributed by atoms with E-state index in [9.17, 15) is 14.5 Å². The van der Waals surface area contributed by atoms with Crippen molar-refractivity contribution in [3.63, 3.8) is 0 Å². The number of Topliss-reactive ketones (excluding diaryl/α,β-unsaturated/α-hetero) is 1. The summed E-state index contributed by atoms with van der Waals surface area (Å²) in [6.45, 7) is 3.88. The molecule has 2 aliphatic heterocycles. The maximum atomic E-state index is 12.5. The molecule has 0 N–H and O–H groups in total. The molecule has 9 nitrogen and oxygen atoms in total. The molecule has 158 valence electrons. The third-order valence-corrected chi connectivity index (χ3v) is 5.53. The van der Waals surface area contributed by atoms with Crippen molar-refractivity contribution in [3.8, 4) is 0 Å². The highest BCUT2D eigenvalue weighted by Gasteiger charge is 2.48. The summed E-state index contributed by atoms with van der Waals surface area (Å²) in [4.78, 5) is 36.7. The van der Waals surface area contributed by atoms with Gasteiger partial charge in [-0.05, 0) is 19.1 Å². The van der Waals surface area contributed by atoms with Crippen molar-refractivity contribution < 1.29 is 28.5 Å². The fraction of sp³-hybridized carbons (Fsp3) is 0.600. The average molecular weight is 406 g/mol. The minimum atomic E-state index is -1.04. The predicted molar refractivity (Wildman–Crippen MR) is 102 cm³/mol. The van der Waals surface area contributed by atoms with Crippen LogP contribution in [0.5, 0.6) is 0 Å². The van der Waals surface area contributed by atoms with E-state index < -0.39 is 17.3 Å². The van der Waals surface area contributed by atoms with E-state index in [1.54, 1.807) is 14.2 Å². The Morgan fingerprint density at radius 2 is 2.14 bits per heavy atom. The van der Waals surface area contributed by atoms with E-state index in [1.807, 2.05) is 24.0 Å². The van der Waals surface area contributed by atoms with Crippen LogP contribution >= 0.6 is 0 Å². The third kappa shape index (κ3) is 4.25. The van der Waals surface area contributed by atoms with E-state index in [0.717, 1.165) is 6.42 Å². The van der Waals surface area contributed by atoms with E-state index in [4.69, 9.17) is 18.9 Å². The molecule has 1 fully saturated rings. The molecule has 3 rings (SSSR count). The Bertz CT molecular complexity index is 773. The molecule has 0 aromatic heterocycles. The zero-order valence-electron chi connectivity index (χ0n) is 16.9. The van der Waals surface area contributed by atoms with Crippen LogP contribution in [0.25, 0.3) is 0 Å². The van der Waals surface area contributed by atoms with Gasteiger partial charge in [-0.15, -0.1) is 4.91 Å². The lowest BCUT2D eigenvalue weighted by Gasteiger charge is -2.42. The van der Waals surface area contributed by atoms with Crippen molar-refractivity contribution in [2.75, 3.05) is 40.6 Å². The van der Waals surface area contributed by atoms with E-state index in [-0.39, 0.29) is 24.0 Å². The lowest BCUT2D eigenvalue weighted by molar-refractivity contribution is -0.122. The first-order valence-corrected chi connectivity index (χ1v) is 9.56. The van der Waals surface area contributed by atoms with Crippen molar-refractivity contribution in [2.24, 2.45) is 11.1 Å². The van der Waals surface area contributed by atoms with Gasteiger partial charge in [0.15, 0.2) is 17.3 Å². The van der Waals surface area contributed by atoms with E-state index in [0.29, 0.717) is 37.9 Å². The average Bonchev–Trinajstić information content (AvgIpc) is 2.84. The van der Waals surface area contributed by atoms with Crippen LogP contribution in [0.3, 0.4) is 0 Å². The molecule has 1 amide bonds. The third-order valence-electron chi connectivity index (χ3n) is 5.53. The molecular formula is C20H26N2O7. The molecule has 3 aliphatic rings. The maximum absolute atomic E-state index is 12.5. The summed E-state index contributed by atoms with van der Waals surface area (Å²) in [6, 6.07) is -0.241. The van der Waals surface area contributed by atoms with Gasteiger partial charge in [-0.25, -0.2) is 0 Å². The van der Waals surface area contributed by atoms with Gasteiger partial charge in [0, 0.05) is 56.4 Å². The number of rotatable bonds is 7. The Balaban J connectivity index is 1.89. The molecular weight excluding hydrogens is 380 g/mol. The minimum absolute atomic E-state index is 0.0854. The molecule has 2 heterocycles. The highest BCUT2D eigenvalue weighted by Crippen LogP contribution is 2.42. The van der Waals surface area contributed by atoms with Crippen LogP contribution in [0.15, 0.2) is 40.6 Å². The minimum Gasteiger partial charge on any atom is -0.493 e. The summed E-state index contributed by atoms with van der Waals surface area (Å²) >= 11 is 0. The van der Waals surface area contributed by atoms with Gasteiger partial charge in [0.05, 0.1) is 25.9 Å². The number of ether oxygens (including phenoxy) is 4. The maximum Gasteiger partial charge on any atom is 0.321 e. The van der Waals surface area contributed by atoms with Crippen LogP contribution in [0.2, 0.25) is 0 Å². The highest BCUT2D eigenvalue weighted by atomic mass is 16.5. The van der Waals surface area contributed by atoms with E-state index in [1.165, 1.54) is 6.20 Å². The molecule has 1 aliphatic carbocycles. The largest absolute Gasteiger partial charge is 0.493 e. The second-order valence-corrected chi connectivity index (χ2v) is 7.37. The van der Waals surface area contributed by atoms with Crippen molar-refractivity contribution >= 4 is 11.7 Å². The zero-order valence-corrected chi connectivity index (χ0v) is 16.9. The van der Waals surface area contributed by atoms with Crippen LogP contribution in [0, 0.1) is 10.8 Å². The number of carbonyl (C=O) groups is 2. The van der Waals surface area contributed by atoms with Crippen LogP contribution in [-0.2, 0) is 28.5 Å². The first kappa shape index (κ1) is 21.2. The van der Waals surface area contributed by atoms with E-state index in [2.05, 4.69) is 5.18 Å². The van der Waals surface area contributed by atoms with Crippen LogP contribution < -0.4 is 0 Å². The van der Waals surface area contributed by atoms with Crippen LogP contribution in [0.1, 0.15) is 19.8 Å². The van der Waals surface area contributed by atoms with E-state index >= 15 is 0 Å². The number of fused-ring (bicyclic) bond motifs is 3. The Hall–Kier alpha value is -2.52. The summed E-state index contributed by atoms with van der Waals surface area (Å²) in [5.41, 5.74) is -0.888. The molecule has 0 saturated carbocycles. The first-order valence-electron chi connectivity index (χ1n) is 9.56. The second-order valence-electron chi connectivity index (χ2n) is 7.37. The number of nitrogens with zero attached hydrogens (tertiary/aromatic N) is 2. The highest BCUT2D eigenvalue weighted by molar-refractivity contribution is 6.20. The summed E-state index contributed by atoms with van der Waals surface area (Å²) in [7, 11) is 3.20. The quantitative estimate of drug-likeness (QED) is 0.357. The number of nitroso groups, excluding NO2 is 1. The Labute approximate surface area is 169 Å². The second kappa shape index (κ2) is 8.87. The number of carbonyl (C=O) groups excluding carboxylic acids is 2. The Kier molecular flexibility index (Phi) is 6.49. The van der Waals surface area contributed by atoms with Crippen molar-refractivity contribution in [1.29, 1.82) is 0 Å². The Morgan fingerprint density at radius 3 is 2.83 bits per heavy atom. The summed E-state index contributed by atoms with van der Waals surface area (Å²) < 4.78 is 22.6. The summed E-state index contributed by atoms with van der Waals surface area (Å²) in [6.07, 6.45) is 6.08.